The lowest BCUT2D eigenvalue weighted by molar-refractivity contribution is -0.385. The Kier molecular flexibility index (Phi) is 5.63. The van der Waals surface area contributed by atoms with E-state index in [2.05, 4.69) is 0 Å². The van der Waals surface area contributed by atoms with Crippen LogP contribution in [0.1, 0.15) is 12.8 Å². The lowest BCUT2D eigenvalue weighted by atomic mass is 9.96. The van der Waals surface area contributed by atoms with E-state index in [0.29, 0.717) is 31.6 Å². The summed E-state index contributed by atoms with van der Waals surface area (Å²) in [5, 5.41) is 11.2. The van der Waals surface area contributed by atoms with Gasteiger partial charge in [0.25, 0.3) is 5.69 Å². The Balaban J connectivity index is 1.97. The molecule has 0 spiro atoms. The van der Waals surface area contributed by atoms with Gasteiger partial charge in [-0.2, -0.15) is 4.31 Å². The van der Waals surface area contributed by atoms with Gasteiger partial charge in [0.05, 0.1) is 23.8 Å². The summed E-state index contributed by atoms with van der Waals surface area (Å²) in [6.45, 7) is 1.89. The van der Waals surface area contributed by atoms with Gasteiger partial charge in [-0.25, -0.2) is 8.42 Å². The molecule has 2 saturated heterocycles. The topological polar surface area (TPSA) is 136 Å². The van der Waals surface area contributed by atoms with E-state index in [4.69, 9.17) is 10.5 Å². The number of piperidine rings is 1. The summed E-state index contributed by atoms with van der Waals surface area (Å²) < 4.78 is 32.8. The fourth-order valence-corrected chi connectivity index (χ4v) is 5.05. The van der Waals surface area contributed by atoms with Crippen LogP contribution in [-0.4, -0.2) is 62.9 Å². The summed E-state index contributed by atoms with van der Waals surface area (Å²) in [6.07, 6.45) is 1.03. The number of non-ortho nitro benzene ring substituents is 1. The summed E-state index contributed by atoms with van der Waals surface area (Å²) in [4.78, 5) is 23.7. The van der Waals surface area contributed by atoms with Crippen molar-refractivity contribution in [2.45, 2.75) is 17.7 Å². The van der Waals surface area contributed by atoms with Gasteiger partial charge < -0.3 is 15.4 Å². The quantitative estimate of drug-likeness (QED) is 0.557. The van der Waals surface area contributed by atoms with E-state index >= 15 is 0 Å². The predicted molar refractivity (Wildman–Crippen MR) is 96.8 cm³/mol. The minimum atomic E-state index is -3.91. The number of ether oxygens (including phenoxy) is 1. The molecule has 11 heteroatoms. The molecule has 0 saturated carbocycles. The second-order valence-corrected chi connectivity index (χ2v) is 8.50. The zero-order chi connectivity index (χ0) is 19.6. The summed E-state index contributed by atoms with van der Waals surface area (Å²) in [7, 11) is -3.91. The summed E-state index contributed by atoms with van der Waals surface area (Å²) in [5.41, 5.74) is 5.49. The SMILES string of the molecule is NC(=O)C1CCN(c2ccc([N+](=O)[O-])cc2S(=O)(=O)N2CCOCC2)CC1. The number of nitro groups is 1. The maximum absolute atomic E-state index is 13.1. The smallest absolute Gasteiger partial charge is 0.270 e. The van der Waals surface area contributed by atoms with Crippen molar-refractivity contribution >= 4 is 27.3 Å². The van der Waals surface area contributed by atoms with E-state index in [1.54, 1.807) is 0 Å². The van der Waals surface area contributed by atoms with Crippen LogP contribution in [0.15, 0.2) is 23.1 Å². The van der Waals surface area contributed by atoms with Crippen molar-refractivity contribution in [2.75, 3.05) is 44.3 Å². The number of nitro benzene ring substituents is 1. The fraction of sp³-hybridized carbons (Fsp3) is 0.562. The van der Waals surface area contributed by atoms with Gasteiger partial charge in [0.2, 0.25) is 15.9 Å². The molecule has 0 unspecified atom stereocenters. The van der Waals surface area contributed by atoms with Crippen LogP contribution in [0.2, 0.25) is 0 Å². The van der Waals surface area contributed by atoms with Crippen LogP contribution in [0.4, 0.5) is 11.4 Å². The number of hydrogen-bond acceptors (Lipinski definition) is 7. The summed E-state index contributed by atoms with van der Waals surface area (Å²) in [6, 6.07) is 3.88. The van der Waals surface area contributed by atoms with Gasteiger partial charge in [0.15, 0.2) is 0 Å². The van der Waals surface area contributed by atoms with Crippen molar-refractivity contribution in [1.29, 1.82) is 0 Å². The molecule has 2 fully saturated rings. The van der Waals surface area contributed by atoms with Crippen molar-refractivity contribution < 1.29 is 22.9 Å². The van der Waals surface area contributed by atoms with Crippen LogP contribution in [0, 0.1) is 16.0 Å². The Morgan fingerprint density at radius 2 is 1.81 bits per heavy atom. The highest BCUT2D eigenvalue weighted by Crippen LogP contribution is 2.34. The molecule has 148 valence electrons. The number of nitrogens with two attached hydrogens (primary N) is 1. The number of anilines is 1. The predicted octanol–water partition coefficient (Wildman–Crippen LogP) is 0.317. The molecule has 0 aromatic heterocycles. The van der Waals surface area contributed by atoms with Crippen LogP contribution >= 0.6 is 0 Å². The zero-order valence-corrected chi connectivity index (χ0v) is 15.6. The zero-order valence-electron chi connectivity index (χ0n) is 14.7. The first-order valence-electron chi connectivity index (χ1n) is 8.71. The molecule has 0 bridgehead atoms. The molecule has 2 aliphatic rings. The second kappa shape index (κ2) is 7.79. The number of benzene rings is 1. The van der Waals surface area contributed by atoms with E-state index in [1.165, 1.54) is 16.4 Å². The number of hydrogen-bond donors (Lipinski definition) is 1. The number of rotatable bonds is 5. The van der Waals surface area contributed by atoms with E-state index in [9.17, 15) is 23.3 Å². The third kappa shape index (κ3) is 4.04. The Morgan fingerprint density at radius 3 is 2.37 bits per heavy atom. The lowest BCUT2D eigenvalue weighted by Gasteiger charge is -2.34. The molecule has 1 aromatic carbocycles. The van der Waals surface area contributed by atoms with Gasteiger partial charge in [0.1, 0.15) is 4.90 Å². The standard InChI is InChI=1S/C16H22N4O6S/c17-16(21)12-3-5-18(6-4-12)14-2-1-13(20(22)23)11-15(14)27(24,25)19-7-9-26-10-8-19/h1-2,11-12H,3-10H2,(H2,17,21). The van der Waals surface area contributed by atoms with Crippen molar-refractivity contribution in [3.05, 3.63) is 28.3 Å². The van der Waals surface area contributed by atoms with Crippen molar-refractivity contribution in [1.82, 2.24) is 4.31 Å². The number of primary amides is 1. The van der Waals surface area contributed by atoms with Gasteiger partial charge >= 0.3 is 0 Å². The molecular formula is C16H22N4O6S. The first kappa shape index (κ1) is 19.5. The summed E-state index contributed by atoms with van der Waals surface area (Å²) >= 11 is 0. The molecular weight excluding hydrogens is 376 g/mol. The third-order valence-corrected chi connectivity index (χ3v) is 6.91. The number of sulfonamides is 1. The largest absolute Gasteiger partial charge is 0.379 e. The highest BCUT2D eigenvalue weighted by molar-refractivity contribution is 7.89. The van der Waals surface area contributed by atoms with Crippen molar-refractivity contribution in [2.24, 2.45) is 11.7 Å². The average Bonchev–Trinajstić information content (AvgIpc) is 2.68. The lowest BCUT2D eigenvalue weighted by Crippen LogP contribution is -2.42. The molecule has 10 nitrogen and oxygen atoms in total. The monoisotopic (exact) mass is 398 g/mol. The van der Waals surface area contributed by atoms with Gasteiger partial charge in [-0.15, -0.1) is 0 Å². The average molecular weight is 398 g/mol. The first-order chi connectivity index (χ1) is 12.8. The highest BCUT2D eigenvalue weighted by Gasteiger charge is 2.33. The Bertz CT molecular complexity index is 829. The van der Waals surface area contributed by atoms with Crippen LogP contribution in [0.25, 0.3) is 0 Å². The number of carbonyl (C=O) groups excluding carboxylic acids is 1. The van der Waals surface area contributed by atoms with E-state index in [-0.39, 0.29) is 48.7 Å². The van der Waals surface area contributed by atoms with Crippen molar-refractivity contribution in [3.8, 4) is 0 Å². The second-order valence-electron chi connectivity index (χ2n) is 6.59. The van der Waals surface area contributed by atoms with E-state index in [0.717, 1.165) is 6.07 Å². The Labute approximate surface area is 157 Å². The first-order valence-corrected chi connectivity index (χ1v) is 10.2. The van der Waals surface area contributed by atoms with E-state index < -0.39 is 14.9 Å². The van der Waals surface area contributed by atoms with Gasteiger partial charge in [-0.1, -0.05) is 0 Å². The maximum atomic E-state index is 13.1. The Hall–Kier alpha value is -2.24. The molecule has 2 heterocycles. The molecule has 0 radical (unpaired) electrons. The Morgan fingerprint density at radius 1 is 1.19 bits per heavy atom. The van der Waals surface area contributed by atoms with Crippen LogP contribution in [-0.2, 0) is 19.6 Å². The van der Waals surface area contributed by atoms with Crippen LogP contribution < -0.4 is 10.6 Å². The minimum absolute atomic E-state index is 0.0869. The maximum Gasteiger partial charge on any atom is 0.270 e. The molecule has 1 aromatic rings. The number of nitrogens with zero attached hydrogens (tertiary/aromatic N) is 3. The van der Waals surface area contributed by atoms with Crippen molar-refractivity contribution in [3.63, 3.8) is 0 Å². The van der Waals surface area contributed by atoms with Crippen LogP contribution in [0.5, 0.6) is 0 Å². The minimum Gasteiger partial charge on any atom is -0.379 e. The number of amides is 1. The summed E-state index contributed by atoms with van der Waals surface area (Å²) in [5.74, 6) is -0.599. The van der Waals surface area contributed by atoms with Gasteiger partial charge in [-0.05, 0) is 18.9 Å². The fourth-order valence-electron chi connectivity index (χ4n) is 3.42. The van der Waals surface area contributed by atoms with Crippen LogP contribution in [0.3, 0.4) is 0 Å². The molecule has 0 aliphatic carbocycles. The molecule has 1 amide bonds. The van der Waals surface area contributed by atoms with Gasteiger partial charge in [0, 0.05) is 44.2 Å². The van der Waals surface area contributed by atoms with E-state index in [1.807, 2.05) is 4.90 Å². The van der Waals surface area contributed by atoms with Gasteiger partial charge in [-0.3, -0.25) is 14.9 Å². The molecule has 0 atom stereocenters. The molecule has 3 rings (SSSR count). The highest BCUT2D eigenvalue weighted by atomic mass is 32.2. The normalized spacial score (nSPS) is 19.8. The third-order valence-electron chi connectivity index (χ3n) is 4.98. The number of carbonyl (C=O) groups is 1. The molecule has 2 N–H and O–H groups in total. The number of morpholine rings is 1. The molecule has 27 heavy (non-hydrogen) atoms. The molecule has 2 aliphatic heterocycles.